The van der Waals surface area contributed by atoms with Crippen molar-refractivity contribution >= 4 is 11.7 Å². The first-order chi connectivity index (χ1) is 18.4. The molecule has 8 heteroatoms. The van der Waals surface area contributed by atoms with Gasteiger partial charge in [0.1, 0.15) is 5.75 Å². The van der Waals surface area contributed by atoms with Crippen LogP contribution in [0.3, 0.4) is 0 Å². The van der Waals surface area contributed by atoms with Gasteiger partial charge < -0.3 is 20.5 Å². The number of hydrogen-bond donors (Lipinski definition) is 3. The SMILES string of the molecule is Cc1ccc(C(=O)NC2CC2)cc1-n1ccnc(NC2(c3ccccc3OCCCC[C@H](C)O)CC2)c1=O. The number of nitrogens with zero attached hydrogens (tertiary/aromatic N) is 2. The molecule has 0 radical (unpaired) electrons. The highest BCUT2D eigenvalue weighted by atomic mass is 16.5. The summed E-state index contributed by atoms with van der Waals surface area (Å²) in [5.41, 5.74) is 2.43. The van der Waals surface area contributed by atoms with Crippen LogP contribution >= 0.6 is 0 Å². The van der Waals surface area contributed by atoms with Gasteiger partial charge in [0.05, 0.1) is 23.9 Å². The van der Waals surface area contributed by atoms with Crippen molar-refractivity contribution in [3.63, 3.8) is 0 Å². The summed E-state index contributed by atoms with van der Waals surface area (Å²) in [6.45, 7) is 4.30. The Morgan fingerprint density at radius 1 is 1.21 bits per heavy atom. The average molecular weight is 517 g/mol. The van der Waals surface area contributed by atoms with Crippen LogP contribution in [-0.2, 0) is 5.54 Å². The molecule has 0 unspecified atom stereocenters. The van der Waals surface area contributed by atoms with Crippen LogP contribution in [-0.4, -0.2) is 39.3 Å². The Balaban J connectivity index is 1.36. The molecular formula is C30H36N4O4. The second-order valence-electron chi connectivity index (χ2n) is 10.6. The van der Waals surface area contributed by atoms with E-state index in [0.29, 0.717) is 17.9 Å². The largest absolute Gasteiger partial charge is 0.493 e. The molecule has 0 aliphatic heterocycles. The van der Waals surface area contributed by atoms with Crippen molar-refractivity contribution in [3.05, 3.63) is 81.9 Å². The van der Waals surface area contributed by atoms with Gasteiger partial charge in [-0.2, -0.15) is 0 Å². The molecule has 1 amide bonds. The van der Waals surface area contributed by atoms with Gasteiger partial charge in [0, 0.05) is 29.6 Å². The molecule has 200 valence electrons. The smallest absolute Gasteiger partial charge is 0.297 e. The van der Waals surface area contributed by atoms with Crippen LogP contribution in [0.5, 0.6) is 5.75 Å². The molecule has 1 atom stereocenters. The van der Waals surface area contributed by atoms with E-state index in [-0.39, 0.29) is 29.4 Å². The number of ether oxygens (including phenoxy) is 1. The van der Waals surface area contributed by atoms with Gasteiger partial charge >= 0.3 is 0 Å². The van der Waals surface area contributed by atoms with Crippen molar-refractivity contribution in [3.8, 4) is 11.4 Å². The lowest BCUT2D eigenvalue weighted by atomic mass is 10.0. The summed E-state index contributed by atoms with van der Waals surface area (Å²) in [4.78, 5) is 30.6. The maximum atomic E-state index is 13.6. The zero-order chi connectivity index (χ0) is 26.7. The zero-order valence-corrected chi connectivity index (χ0v) is 22.1. The zero-order valence-electron chi connectivity index (χ0n) is 22.1. The molecule has 3 N–H and O–H groups in total. The summed E-state index contributed by atoms with van der Waals surface area (Å²) >= 11 is 0. The normalized spacial score (nSPS) is 16.5. The Morgan fingerprint density at radius 3 is 2.74 bits per heavy atom. The molecule has 0 saturated heterocycles. The number of carbonyl (C=O) groups excluding carboxylic acids is 1. The number of carbonyl (C=O) groups is 1. The maximum Gasteiger partial charge on any atom is 0.297 e. The molecule has 2 aliphatic rings. The number of aliphatic hydroxyl groups excluding tert-OH is 1. The molecule has 3 aromatic rings. The Kier molecular flexibility index (Phi) is 7.51. The predicted molar refractivity (Wildman–Crippen MR) is 147 cm³/mol. The van der Waals surface area contributed by atoms with Gasteiger partial charge in [0.15, 0.2) is 5.82 Å². The second kappa shape index (κ2) is 11.0. The van der Waals surface area contributed by atoms with Crippen LogP contribution in [0.1, 0.15) is 73.4 Å². The van der Waals surface area contributed by atoms with Crippen LogP contribution in [0.4, 0.5) is 5.82 Å². The van der Waals surface area contributed by atoms with E-state index < -0.39 is 5.54 Å². The number of aromatic nitrogens is 2. The Bertz CT molecular complexity index is 1360. The van der Waals surface area contributed by atoms with E-state index in [1.807, 2.05) is 37.3 Å². The lowest BCUT2D eigenvalue weighted by molar-refractivity contribution is 0.0951. The van der Waals surface area contributed by atoms with Gasteiger partial charge in [-0.25, -0.2) is 4.98 Å². The fraction of sp³-hybridized carbons (Fsp3) is 0.433. The lowest BCUT2D eigenvalue weighted by Gasteiger charge is -2.22. The summed E-state index contributed by atoms with van der Waals surface area (Å²) in [5.74, 6) is 0.952. The Labute approximate surface area is 223 Å². The number of amides is 1. The van der Waals surface area contributed by atoms with E-state index in [4.69, 9.17) is 4.74 Å². The van der Waals surface area contributed by atoms with E-state index in [1.54, 1.807) is 36.0 Å². The van der Waals surface area contributed by atoms with Gasteiger partial charge in [0.2, 0.25) is 0 Å². The van der Waals surface area contributed by atoms with Crippen molar-refractivity contribution in [1.82, 2.24) is 14.9 Å². The number of hydrogen-bond acceptors (Lipinski definition) is 6. The number of unbranched alkanes of at least 4 members (excludes halogenated alkanes) is 1. The summed E-state index contributed by atoms with van der Waals surface area (Å²) in [7, 11) is 0. The standard InChI is InChI=1S/C30H36N4O4/c1-20-10-11-22(28(36)32-23-12-13-23)19-25(20)34-17-16-31-27(29(34)37)33-30(14-15-30)24-8-3-4-9-26(24)38-18-6-5-7-21(2)35/h3-4,8-11,16-17,19,21,23,35H,5-7,12-15,18H2,1-2H3,(H,31,33)(H,32,36)/t21-/m0/s1. The molecule has 1 heterocycles. The number of para-hydroxylation sites is 1. The van der Waals surface area contributed by atoms with E-state index in [0.717, 1.165) is 61.8 Å². The van der Waals surface area contributed by atoms with Crippen molar-refractivity contribution in [2.75, 3.05) is 11.9 Å². The minimum Gasteiger partial charge on any atom is -0.493 e. The molecule has 5 rings (SSSR count). The maximum absolute atomic E-state index is 13.6. The molecule has 2 fully saturated rings. The summed E-state index contributed by atoms with van der Waals surface area (Å²) in [5, 5.41) is 15.9. The van der Waals surface area contributed by atoms with Crippen LogP contribution < -0.4 is 20.9 Å². The van der Waals surface area contributed by atoms with Gasteiger partial charge in [0.25, 0.3) is 11.5 Å². The number of anilines is 1. The van der Waals surface area contributed by atoms with E-state index in [9.17, 15) is 14.7 Å². The van der Waals surface area contributed by atoms with E-state index in [1.165, 1.54) is 0 Å². The molecule has 2 saturated carbocycles. The van der Waals surface area contributed by atoms with Crippen LogP contribution in [0.2, 0.25) is 0 Å². The van der Waals surface area contributed by atoms with E-state index >= 15 is 0 Å². The van der Waals surface area contributed by atoms with Crippen LogP contribution in [0, 0.1) is 6.92 Å². The minimum atomic E-state index is -0.414. The first kappa shape index (κ1) is 26.0. The highest BCUT2D eigenvalue weighted by Gasteiger charge is 2.47. The minimum absolute atomic E-state index is 0.117. The topological polar surface area (TPSA) is 105 Å². The van der Waals surface area contributed by atoms with Crippen molar-refractivity contribution < 1.29 is 14.6 Å². The average Bonchev–Trinajstić information content (AvgIpc) is 3.84. The third-order valence-corrected chi connectivity index (χ3v) is 7.27. The number of nitrogens with one attached hydrogen (secondary N) is 2. The molecule has 2 aliphatic carbocycles. The van der Waals surface area contributed by atoms with Crippen LogP contribution in [0.15, 0.2) is 59.7 Å². The number of aryl methyl sites for hydroxylation is 1. The molecular weight excluding hydrogens is 480 g/mol. The monoisotopic (exact) mass is 516 g/mol. The molecule has 0 bridgehead atoms. The lowest BCUT2D eigenvalue weighted by Crippen LogP contribution is -2.29. The fourth-order valence-electron chi connectivity index (χ4n) is 4.72. The second-order valence-corrected chi connectivity index (χ2v) is 10.6. The van der Waals surface area contributed by atoms with Gasteiger partial charge in [-0.05, 0) is 82.6 Å². The molecule has 38 heavy (non-hydrogen) atoms. The van der Waals surface area contributed by atoms with Gasteiger partial charge in [-0.3, -0.25) is 14.2 Å². The van der Waals surface area contributed by atoms with Crippen molar-refractivity contribution in [2.45, 2.75) is 76.5 Å². The number of benzene rings is 2. The highest BCUT2D eigenvalue weighted by Crippen LogP contribution is 2.50. The van der Waals surface area contributed by atoms with Crippen molar-refractivity contribution in [2.24, 2.45) is 0 Å². The molecule has 0 spiro atoms. The summed E-state index contributed by atoms with van der Waals surface area (Å²) in [6, 6.07) is 13.6. The third-order valence-electron chi connectivity index (χ3n) is 7.27. The number of aliphatic hydroxyl groups is 1. The Morgan fingerprint density at radius 2 is 2.00 bits per heavy atom. The molecule has 8 nitrogen and oxygen atoms in total. The third kappa shape index (κ3) is 5.91. The van der Waals surface area contributed by atoms with Gasteiger partial charge in [-0.15, -0.1) is 0 Å². The summed E-state index contributed by atoms with van der Waals surface area (Å²) in [6.07, 6.45) is 9.24. The Hall–Kier alpha value is -3.65. The van der Waals surface area contributed by atoms with E-state index in [2.05, 4.69) is 15.6 Å². The van der Waals surface area contributed by atoms with Gasteiger partial charge in [-0.1, -0.05) is 24.3 Å². The first-order valence-corrected chi connectivity index (χ1v) is 13.5. The number of rotatable bonds is 12. The van der Waals surface area contributed by atoms with Crippen LogP contribution in [0.25, 0.3) is 5.69 Å². The predicted octanol–water partition coefficient (Wildman–Crippen LogP) is 4.46. The fourth-order valence-corrected chi connectivity index (χ4v) is 4.72. The summed E-state index contributed by atoms with van der Waals surface area (Å²) < 4.78 is 7.68. The highest BCUT2D eigenvalue weighted by molar-refractivity contribution is 5.95. The molecule has 2 aromatic carbocycles. The quantitative estimate of drug-likeness (QED) is 0.307. The first-order valence-electron chi connectivity index (χ1n) is 13.5. The van der Waals surface area contributed by atoms with Crippen molar-refractivity contribution in [1.29, 1.82) is 0 Å². The molecule has 1 aromatic heterocycles.